The van der Waals surface area contributed by atoms with Gasteiger partial charge >= 0.3 is 0 Å². The van der Waals surface area contributed by atoms with Crippen LogP contribution in [0.2, 0.25) is 5.02 Å². The molecule has 1 aromatic carbocycles. The van der Waals surface area contributed by atoms with E-state index in [4.69, 9.17) is 11.6 Å². The Morgan fingerprint density at radius 3 is 2.53 bits per heavy atom. The summed E-state index contributed by atoms with van der Waals surface area (Å²) in [6, 6.07) is 6.13. The normalized spacial score (nSPS) is 11.0. The number of nitrogens with zero attached hydrogens (tertiary/aromatic N) is 2. The lowest BCUT2D eigenvalue weighted by Crippen LogP contribution is -2.12. The predicted octanol–water partition coefficient (Wildman–Crippen LogP) is 3.56. The molecular weight excluding hydrogens is 258 g/mol. The molecule has 102 valence electrons. The Balaban J connectivity index is 2.37. The standard InChI is InChI=1S/C15H20ClN3/c1-5-17-9-13-6-7-15(14(16)8-13)19-12(4)10(2)11(3)18-19/h6-8,17H,5,9H2,1-4H3. The second kappa shape index (κ2) is 5.76. The third kappa shape index (κ3) is 2.82. The van der Waals surface area contributed by atoms with Gasteiger partial charge < -0.3 is 5.32 Å². The minimum Gasteiger partial charge on any atom is -0.313 e. The molecule has 0 unspecified atom stereocenters. The second-order valence-corrected chi connectivity index (χ2v) is 5.18. The first kappa shape index (κ1) is 14.1. The average molecular weight is 278 g/mol. The van der Waals surface area contributed by atoms with E-state index in [1.165, 1.54) is 11.1 Å². The first-order valence-electron chi connectivity index (χ1n) is 6.57. The molecule has 1 aromatic heterocycles. The molecule has 0 saturated carbocycles. The molecule has 0 saturated heterocycles. The first-order chi connectivity index (χ1) is 9.04. The van der Waals surface area contributed by atoms with Crippen molar-refractivity contribution in [1.29, 1.82) is 0 Å². The maximum atomic E-state index is 6.39. The van der Waals surface area contributed by atoms with Crippen molar-refractivity contribution in [1.82, 2.24) is 15.1 Å². The highest BCUT2D eigenvalue weighted by Gasteiger charge is 2.11. The van der Waals surface area contributed by atoms with E-state index in [-0.39, 0.29) is 0 Å². The molecule has 1 N–H and O–H groups in total. The Labute approximate surface area is 119 Å². The Morgan fingerprint density at radius 2 is 2.00 bits per heavy atom. The van der Waals surface area contributed by atoms with Crippen molar-refractivity contribution in [2.24, 2.45) is 0 Å². The number of halogens is 1. The lowest BCUT2D eigenvalue weighted by molar-refractivity contribution is 0.726. The third-order valence-electron chi connectivity index (χ3n) is 3.47. The Hall–Kier alpha value is -1.32. The molecule has 0 bridgehead atoms. The number of hydrogen-bond acceptors (Lipinski definition) is 2. The van der Waals surface area contributed by atoms with Crippen LogP contribution in [0.1, 0.15) is 29.4 Å². The van der Waals surface area contributed by atoms with Gasteiger partial charge in [-0.1, -0.05) is 24.6 Å². The van der Waals surface area contributed by atoms with Crippen LogP contribution in [0.5, 0.6) is 0 Å². The fraction of sp³-hybridized carbons (Fsp3) is 0.400. The van der Waals surface area contributed by atoms with Crippen LogP contribution >= 0.6 is 11.6 Å². The van der Waals surface area contributed by atoms with E-state index in [0.717, 1.165) is 35.2 Å². The molecule has 0 aliphatic heterocycles. The number of rotatable bonds is 4. The van der Waals surface area contributed by atoms with Gasteiger partial charge in [0.1, 0.15) is 0 Å². The highest BCUT2D eigenvalue weighted by molar-refractivity contribution is 6.32. The fourth-order valence-corrected chi connectivity index (χ4v) is 2.34. The van der Waals surface area contributed by atoms with Gasteiger partial charge in [0.25, 0.3) is 0 Å². The molecule has 0 amide bonds. The molecule has 0 atom stereocenters. The summed E-state index contributed by atoms with van der Waals surface area (Å²) in [5.41, 5.74) is 5.53. The van der Waals surface area contributed by atoms with Gasteiger partial charge in [-0.2, -0.15) is 5.10 Å². The van der Waals surface area contributed by atoms with Crippen LogP contribution in [-0.4, -0.2) is 16.3 Å². The molecule has 3 nitrogen and oxygen atoms in total. The fourth-order valence-electron chi connectivity index (χ4n) is 2.06. The lowest BCUT2D eigenvalue weighted by Gasteiger charge is -2.09. The van der Waals surface area contributed by atoms with Crippen molar-refractivity contribution >= 4 is 11.6 Å². The highest BCUT2D eigenvalue weighted by Crippen LogP contribution is 2.24. The van der Waals surface area contributed by atoms with Gasteiger partial charge in [-0.15, -0.1) is 0 Å². The maximum absolute atomic E-state index is 6.39. The van der Waals surface area contributed by atoms with E-state index in [9.17, 15) is 0 Å². The van der Waals surface area contributed by atoms with Crippen molar-refractivity contribution < 1.29 is 0 Å². The molecule has 2 aromatic rings. The number of nitrogens with one attached hydrogen (secondary N) is 1. The molecule has 0 aliphatic carbocycles. The maximum Gasteiger partial charge on any atom is 0.0835 e. The average Bonchev–Trinajstić information content (AvgIpc) is 2.64. The zero-order chi connectivity index (χ0) is 14.0. The molecule has 0 radical (unpaired) electrons. The van der Waals surface area contributed by atoms with Gasteiger partial charge in [-0.25, -0.2) is 4.68 Å². The predicted molar refractivity (Wildman–Crippen MR) is 80.2 cm³/mol. The minimum absolute atomic E-state index is 0.737. The molecule has 0 fully saturated rings. The quantitative estimate of drug-likeness (QED) is 0.926. The summed E-state index contributed by atoms with van der Waals surface area (Å²) in [6.45, 7) is 10.1. The number of aryl methyl sites for hydroxylation is 1. The summed E-state index contributed by atoms with van der Waals surface area (Å²) in [5.74, 6) is 0. The van der Waals surface area contributed by atoms with Crippen LogP contribution in [0.4, 0.5) is 0 Å². The zero-order valence-corrected chi connectivity index (χ0v) is 12.7. The Bertz CT molecular complexity index is 587. The van der Waals surface area contributed by atoms with Gasteiger partial charge in [0.2, 0.25) is 0 Å². The topological polar surface area (TPSA) is 29.9 Å². The summed E-state index contributed by atoms with van der Waals surface area (Å²) in [7, 11) is 0. The van der Waals surface area contributed by atoms with Crippen molar-refractivity contribution in [3.63, 3.8) is 0 Å². The van der Waals surface area contributed by atoms with E-state index in [1.807, 2.05) is 23.7 Å². The van der Waals surface area contributed by atoms with Gasteiger partial charge in [-0.3, -0.25) is 0 Å². The highest BCUT2D eigenvalue weighted by atomic mass is 35.5. The monoisotopic (exact) mass is 277 g/mol. The van der Waals surface area contributed by atoms with Crippen LogP contribution < -0.4 is 5.32 Å². The third-order valence-corrected chi connectivity index (χ3v) is 3.78. The summed E-state index contributed by atoms with van der Waals surface area (Å²) >= 11 is 6.39. The van der Waals surface area contributed by atoms with E-state index in [0.29, 0.717) is 0 Å². The second-order valence-electron chi connectivity index (χ2n) is 4.77. The Kier molecular flexibility index (Phi) is 4.27. The molecule has 0 aliphatic rings. The minimum atomic E-state index is 0.737. The molecule has 1 heterocycles. The van der Waals surface area contributed by atoms with Gasteiger partial charge in [0, 0.05) is 12.2 Å². The molecule has 0 spiro atoms. The van der Waals surface area contributed by atoms with Crippen LogP contribution in [0, 0.1) is 20.8 Å². The van der Waals surface area contributed by atoms with Crippen LogP contribution in [-0.2, 0) is 6.54 Å². The number of aromatic nitrogens is 2. The van der Waals surface area contributed by atoms with Crippen molar-refractivity contribution in [2.75, 3.05) is 6.54 Å². The summed E-state index contributed by atoms with van der Waals surface area (Å²) in [4.78, 5) is 0. The molecule has 2 rings (SSSR count). The lowest BCUT2D eigenvalue weighted by atomic mass is 10.2. The number of hydrogen-bond donors (Lipinski definition) is 1. The van der Waals surface area contributed by atoms with E-state index in [2.05, 4.69) is 37.3 Å². The van der Waals surface area contributed by atoms with E-state index in [1.54, 1.807) is 0 Å². The van der Waals surface area contributed by atoms with Crippen LogP contribution in [0.15, 0.2) is 18.2 Å². The van der Waals surface area contributed by atoms with Crippen molar-refractivity contribution in [2.45, 2.75) is 34.2 Å². The van der Waals surface area contributed by atoms with E-state index >= 15 is 0 Å². The summed E-state index contributed by atoms with van der Waals surface area (Å²) in [5, 5.41) is 8.58. The van der Waals surface area contributed by atoms with Gasteiger partial charge in [0.05, 0.1) is 16.4 Å². The van der Waals surface area contributed by atoms with Crippen molar-refractivity contribution in [3.8, 4) is 5.69 Å². The summed E-state index contributed by atoms with van der Waals surface area (Å²) in [6.07, 6.45) is 0. The molecule has 4 heteroatoms. The van der Waals surface area contributed by atoms with Gasteiger partial charge in [-0.05, 0) is 50.6 Å². The van der Waals surface area contributed by atoms with Crippen LogP contribution in [0.25, 0.3) is 5.69 Å². The first-order valence-corrected chi connectivity index (χ1v) is 6.94. The zero-order valence-electron chi connectivity index (χ0n) is 11.9. The largest absolute Gasteiger partial charge is 0.313 e. The molecular formula is C15H20ClN3. The SMILES string of the molecule is CCNCc1ccc(-n2nc(C)c(C)c2C)c(Cl)c1. The van der Waals surface area contributed by atoms with E-state index < -0.39 is 0 Å². The smallest absolute Gasteiger partial charge is 0.0835 e. The van der Waals surface area contributed by atoms with Crippen molar-refractivity contribution in [3.05, 3.63) is 45.7 Å². The van der Waals surface area contributed by atoms with Crippen LogP contribution in [0.3, 0.4) is 0 Å². The molecule has 19 heavy (non-hydrogen) atoms. The number of benzene rings is 1. The Morgan fingerprint density at radius 1 is 1.26 bits per heavy atom. The van der Waals surface area contributed by atoms with Gasteiger partial charge in [0.15, 0.2) is 0 Å². The summed E-state index contributed by atoms with van der Waals surface area (Å²) < 4.78 is 1.92.